The van der Waals surface area contributed by atoms with E-state index in [-0.39, 0.29) is 5.91 Å². The van der Waals surface area contributed by atoms with Crippen molar-refractivity contribution in [2.24, 2.45) is 5.92 Å². The van der Waals surface area contributed by atoms with E-state index in [9.17, 15) is 9.90 Å². The number of amides is 1. The molecule has 0 radical (unpaired) electrons. The number of hydrogen-bond acceptors (Lipinski definition) is 2. The Balaban J connectivity index is 2.52. The Morgan fingerprint density at radius 1 is 1.62 bits per heavy atom. The predicted octanol–water partition coefficient (Wildman–Crippen LogP) is 1.02. The molecule has 0 aliphatic carbocycles. The van der Waals surface area contributed by atoms with Crippen molar-refractivity contribution in [1.29, 1.82) is 0 Å². The molecule has 0 saturated carbocycles. The Morgan fingerprint density at radius 2 is 2.23 bits per heavy atom. The molecule has 1 unspecified atom stereocenters. The summed E-state index contributed by atoms with van der Waals surface area (Å²) in [6, 6.07) is 0. The summed E-state index contributed by atoms with van der Waals surface area (Å²) >= 11 is 0. The van der Waals surface area contributed by atoms with Gasteiger partial charge in [0.2, 0.25) is 0 Å². The summed E-state index contributed by atoms with van der Waals surface area (Å²) in [5.74, 6) is 0.495. The van der Waals surface area contributed by atoms with Crippen molar-refractivity contribution in [3.63, 3.8) is 0 Å². The largest absolute Gasteiger partial charge is 0.381 e. The van der Waals surface area contributed by atoms with E-state index in [1.54, 1.807) is 18.7 Å². The standard InChI is InChI=1S/C10H19NO2/c1-4-8-5-6-11(7-8)9(12)10(2,3)13/h8,13H,4-7H2,1-3H3. The van der Waals surface area contributed by atoms with Crippen LogP contribution in [0.25, 0.3) is 0 Å². The van der Waals surface area contributed by atoms with Crippen LogP contribution < -0.4 is 0 Å². The molecule has 0 aromatic carbocycles. The summed E-state index contributed by atoms with van der Waals surface area (Å²) in [4.78, 5) is 13.4. The van der Waals surface area contributed by atoms with Crippen LogP contribution in [0, 0.1) is 5.92 Å². The first kappa shape index (κ1) is 10.5. The van der Waals surface area contributed by atoms with Gasteiger partial charge in [-0.3, -0.25) is 4.79 Å². The third kappa shape index (κ3) is 2.44. The quantitative estimate of drug-likeness (QED) is 0.697. The highest BCUT2D eigenvalue weighted by molar-refractivity contribution is 5.84. The van der Waals surface area contributed by atoms with Crippen LogP contribution in [0.15, 0.2) is 0 Å². The highest BCUT2D eigenvalue weighted by atomic mass is 16.3. The average molecular weight is 185 g/mol. The van der Waals surface area contributed by atoms with E-state index in [4.69, 9.17) is 0 Å². The lowest BCUT2D eigenvalue weighted by molar-refractivity contribution is -0.146. The SMILES string of the molecule is CCC1CCN(C(=O)C(C)(C)O)C1. The third-order valence-corrected chi connectivity index (χ3v) is 2.67. The monoisotopic (exact) mass is 185 g/mol. The maximum atomic E-state index is 11.6. The second kappa shape index (κ2) is 3.66. The smallest absolute Gasteiger partial charge is 0.253 e. The van der Waals surface area contributed by atoms with Gasteiger partial charge in [0.25, 0.3) is 5.91 Å². The predicted molar refractivity (Wildman–Crippen MR) is 51.3 cm³/mol. The van der Waals surface area contributed by atoms with Crippen LogP contribution in [-0.4, -0.2) is 34.6 Å². The van der Waals surface area contributed by atoms with Crippen molar-refractivity contribution in [3.8, 4) is 0 Å². The van der Waals surface area contributed by atoms with Crippen LogP contribution >= 0.6 is 0 Å². The highest BCUT2D eigenvalue weighted by Gasteiger charge is 2.33. The molecule has 1 aliphatic rings. The first-order chi connectivity index (χ1) is 5.95. The lowest BCUT2D eigenvalue weighted by atomic mass is 10.1. The lowest BCUT2D eigenvalue weighted by Gasteiger charge is -2.24. The van der Waals surface area contributed by atoms with Gasteiger partial charge in [0.15, 0.2) is 0 Å². The van der Waals surface area contributed by atoms with Crippen molar-refractivity contribution < 1.29 is 9.90 Å². The molecule has 1 saturated heterocycles. The number of likely N-dealkylation sites (tertiary alicyclic amines) is 1. The van der Waals surface area contributed by atoms with Gasteiger partial charge in [0.05, 0.1) is 0 Å². The Morgan fingerprint density at radius 3 is 2.62 bits per heavy atom. The summed E-state index contributed by atoms with van der Waals surface area (Å²) in [5, 5.41) is 9.51. The Labute approximate surface area is 79.7 Å². The van der Waals surface area contributed by atoms with E-state index >= 15 is 0 Å². The first-order valence-electron chi connectivity index (χ1n) is 4.97. The van der Waals surface area contributed by atoms with Crippen LogP contribution in [0.3, 0.4) is 0 Å². The second-order valence-electron chi connectivity index (χ2n) is 4.37. The zero-order valence-electron chi connectivity index (χ0n) is 8.71. The average Bonchev–Trinajstić information content (AvgIpc) is 2.48. The van der Waals surface area contributed by atoms with Gasteiger partial charge >= 0.3 is 0 Å². The lowest BCUT2D eigenvalue weighted by Crippen LogP contribution is -2.44. The molecular formula is C10H19NO2. The summed E-state index contributed by atoms with van der Waals surface area (Å²) in [7, 11) is 0. The van der Waals surface area contributed by atoms with Crippen LogP contribution in [0.5, 0.6) is 0 Å². The van der Waals surface area contributed by atoms with Crippen molar-refractivity contribution >= 4 is 5.91 Å². The molecule has 1 rings (SSSR count). The van der Waals surface area contributed by atoms with Crippen molar-refractivity contribution in [2.75, 3.05) is 13.1 Å². The summed E-state index contributed by atoms with van der Waals surface area (Å²) in [5.41, 5.74) is -1.21. The number of nitrogens with zero attached hydrogens (tertiary/aromatic N) is 1. The molecule has 1 heterocycles. The van der Waals surface area contributed by atoms with E-state index in [1.807, 2.05) is 0 Å². The Bertz CT molecular complexity index is 196. The number of aliphatic hydroxyl groups is 1. The van der Waals surface area contributed by atoms with Crippen LogP contribution in [0.4, 0.5) is 0 Å². The van der Waals surface area contributed by atoms with E-state index in [0.717, 1.165) is 25.9 Å². The summed E-state index contributed by atoms with van der Waals surface area (Å²) in [6.45, 7) is 6.87. The molecule has 13 heavy (non-hydrogen) atoms. The molecule has 0 spiro atoms. The van der Waals surface area contributed by atoms with Gasteiger partial charge in [-0.25, -0.2) is 0 Å². The maximum absolute atomic E-state index is 11.6. The normalized spacial score (nSPS) is 23.7. The molecular weight excluding hydrogens is 166 g/mol. The van der Waals surface area contributed by atoms with E-state index < -0.39 is 5.60 Å². The molecule has 0 aromatic rings. The fraction of sp³-hybridized carbons (Fsp3) is 0.900. The van der Waals surface area contributed by atoms with E-state index in [1.165, 1.54) is 0 Å². The minimum absolute atomic E-state index is 0.136. The van der Waals surface area contributed by atoms with Crippen molar-refractivity contribution in [1.82, 2.24) is 4.90 Å². The van der Waals surface area contributed by atoms with Crippen LogP contribution in [0.2, 0.25) is 0 Å². The van der Waals surface area contributed by atoms with Gasteiger partial charge in [-0.05, 0) is 26.2 Å². The molecule has 1 N–H and O–H groups in total. The van der Waals surface area contributed by atoms with Gasteiger partial charge < -0.3 is 10.0 Å². The van der Waals surface area contributed by atoms with Crippen LogP contribution in [-0.2, 0) is 4.79 Å². The number of hydrogen-bond donors (Lipinski definition) is 1. The van der Waals surface area contributed by atoms with Gasteiger partial charge in [-0.15, -0.1) is 0 Å². The first-order valence-corrected chi connectivity index (χ1v) is 4.97. The number of carbonyl (C=O) groups is 1. The van der Waals surface area contributed by atoms with Gasteiger partial charge in [-0.1, -0.05) is 13.3 Å². The molecule has 0 aromatic heterocycles. The summed E-state index contributed by atoms with van der Waals surface area (Å²) < 4.78 is 0. The highest BCUT2D eigenvalue weighted by Crippen LogP contribution is 2.21. The molecule has 1 aliphatic heterocycles. The molecule has 76 valence electrons. The van der Waals surface area contributed by atoms with E-state index in [2.05, 4.69) is 6.92 Å². The molecule has 1 amide bonds. The molecule has 3 nitrogen and oxygen atoms in total. The van der Waals surface area contributed by atoms with Gasteiger partial charge in [-0.2, -0.15) is 0 Å². The topological polar surface area (TPSA) is 40.5 Å². The molecule has 0 bridgehead atoms. The molecule has 3 heteroatoms. The minimum atomic E-state index is -1.21. The van der Waals surface area contributed by atoms with Crippen molar-refractivity contribution in [2.45, 2.75) is 39.2 Å². The molecule has 1 atom stereocenters. The second-order valence-corrected chi connectivity index (χ2v) is 4.37. The number of carbonyl (C=O) groups excluding carboxylic acids is 1. The zero-order chi connectivity index (χ0) is 10.1. The Hall–Kier alpha value is -0.570. The summed E-state index contributed by atoms with van der Waals surface area (Å²) in [6.07, 6.45) is 2.20. The fourth-order valence-electron chi connectivity index (χ4n) is 1.74. The maximum Gasteiger partial charge on any atom is 0.253 e. The van der Waals surface area contributed by atoms with Crippen molar-refractivity contribution in [3.05, 3.63) is 0 Å². The minimum Gasteiger partial charge on any atom is -0.381 e. The fourth-order valence-corrected chi connectivity index (χ4v) is 1.74. The zero-order valence-corrected chi connectivity index (χ0v) is 8.71. The van der Waals surface area contributed by atoms with Gasteiger partial charge in [0, 0.05) is 13.1 Å². The Kier molecular flexibility index (Phi) is 2.96. The third-order valence-electron chi connectivity index (χ3n) is 2.67. The van der Waals surface area contributed by atoms with Crippen LogP contribution in [0.1, 0.15) is 33.6 Å². The van der Waals surface area contributed by atoms with Gasteiger partial charge in [0.1, 0.15) is 5.60 Å². The molecule has 1 fully saturated rings. The number of rotatable bonds is 2. The van der Waals surface area contributed by atoms with E-state index in [0.29, 0.717) is 5.92 Å².